The molecule has 72 valence electrons. The van der Waals surface area contributed by atoms with Gasteiger partial charge in [0, 0.05) is 6.26 Å². The number of aromatic nitrogens is 2. The lowest BCUT2D eigenvalue weighted by Gasteiger charge is -2.02. The summed E-state index contributed by atoms with van der Waals surface area (Å²) in [4.78, 5) is 7.60. The van der Waals surface area contributed by atoms with E-state index in [2.05, 4.69) is 9.97 Å². The number of anilines is 1. The van der Waals surface area contributed by atoms with E-state index in [1.807, 2.05) is 0 Å². The maximum absolute atomic E-state index is 11.1. The average Bonchev–Trinajstić information content (AvgIpc) is 2.01. The molecule has 7 heteroatoms. The van der Waals surface area contributed by atoms with Gasteiger partial charge in [-0.1, -0.05) is 11.8 Å². The highest BCUT2D eigenvalue weighted by atomic mass is 32.2. The Morgan fingerprint density at radius 3 is 2.54 bits per heavy atom. The van der Waals surface area contributed by atoms with E-state index in [1.54, 1.807) is 6.26 Å². The zero-order chi connectivity index (χ0) is 10.1. The van der Waals surface area contributed by atoms with Crippen molar-refractivity contribution in [2.45, 2.75) is 10.1 Å². The van der Waals surface area contributed by atoms with Crippen LogP contribution in [0.1, 0.15) is 0 Å². The first-order chi connectivity index (χ1) is 5.95. The molecular weight excluding hydrogens is 210 g/mol. The van der Waals surface area contributed by atoms with Gasteiger partial charge in [-0.05, 0) is 6.26 Å². The minimum absolute atomic E-state index is 0.00171. The molecule has 0 amide bonds. The molecule has 0 spiro atoms. The van der Waals surface area contributed by atoms with Crippen LogP contribution in [-0.4, -0.2) is 30.9 Å². The normalized spacial score (nSPS) is 11.5. The van der Waals surface area contributed by atoms with Crippen LogP contribution < -0.4 is 5.73 Å². The summed E-state index contributed by atoms with van der Waals surface area (Å²) in [7, 11) is -3.32. The van der Waals surface area contributed by atoms with Crippen molar-refractivity contribution in [3.63, 3.8) is 0 Å². The fraction of sp³-hybridized carbons (Fsp3) is 0.333. The van der Waals surface area contributed by atoms with Crippen LogP contribution in [-0.2, 0) is 9.84 Å². The predicted molar refractivity (Wildman–Crippen MR) is 51.3 cm³/mol. The second-order valence-electron chi connectivity index (χ2n) is 2.38. The third kappa shape index (κ3) is 2.31. The van der Waals surface area contributed by atoms with Crippen molar-refractivity contribution in [1.82, 2.24) is 9.97 Å². The lowest BCUT2D eigenvalue weighted by Crippen LogP contribution is -2.06. The summed E-state index contributed by atoms with van der Waals surface area (Å²) in [6, 6.07) is 0. The maximum atomic E-state index is 11.1. The van der Waals surface area contributed by atoms with Gasteiger partial charge < -0.3 is 5.73 Å². The number of nitrogen functional groups attached to an aromatic ring is 1. The van der Waals surface area contributed by atoms with Crippen molar-refractivity contribution >= 4 is 27.4 Å². The molecule has 2 N–H and O–H groups in total. The first kappa shape index (κ1) is 10.3. The molecule has 13 heavy (non-hydrogen) atoms. The standard InChI is InChI=1S/C6H9N3O2S2/c1-12-6-8-3-4(5(7)9-6)13(2,10)11/h3H,1-2H3,(H2,7,8,9). The fourth-order valence-electron chi connectivity index (χ4n) is 0.751. The summed E-state index contributed by atoms with van der Waals surface area (Å²) >= 11 is 1.31. The summed E-state index contributed by atoms with van der Waals surface area (Å²) in [5.74, 6) is 0.00171. The van der Waals surface area contributed by atoms with Gasteiger partial charge in [0.2, 0.25) is 0 Å². The minimum atomic E-state index is -3.32. The molecule has 0 aromatic carbocycles. The van der Waals surface area contributed by atoms with Crippen molar-refractivity contribution < 1.29 is 8.42 Å². The van der Waals surface area contributed by atoms with E-state index in [4.69, 9.17) is 5.73 Å². The predicted octanol–water partition coefficient (Wildman–Crippen LogP) is 0.184. The summed E-state index contributed by atoms with van der Waals surface area (Å²) in [6.45, 7) is 0. The van der Waals surface area contributed by atoms with Crippen LogP contribution in [0.15, 0.2) is 16.2 Å². The molecule has 1 aromatic rings. The van der Waals surface area contributed by atoms with Gasteiger partial charge in [0.05, 0.1) is 6.20 Å². The van der Waals surface area contributed by atoms with E-state index in [1.165, 1.54) is 18.0 Å². The first-order valence-electron chi connectivity index (χ1n) is 3.31. The van der Waals surface area contributed by atoms with Gasteiger partial charge in [-0.3, -0.25) is 0 Å². The molecule has 0 saturated carbocycles. The van der Waals surface area contributed by atoms with Crippen LogP contribution in [0.25, 0.3) is 0 Å². The van der Waals surface area contributed by atoms with E-state index in [9.17, 15) is 8.42 Å². The number of nitrogens with two attached hydrogens (primary N) is 1. The Labute approximate surface area is 80.7 Å². The van der Waals surface area contributed by atoms with Gasteiger partial charge >= 0.3 is 0 Å². The van der Waals surface area contributed by atoms with Gasteiger partial charge in [0.1, 0.15) is 10.7 Å². The van der Waals surface area contributed by atoms with Gasteiger partial charge in [0.15, 0.2) is 15.0 Å². The monoisotopic (exact) mass is 219 g/mol. The zero-order valence-electron chi connectivity index (χ0n) is 7.18. The van der Waals surface area contributed by atoms with Crippen LogP contribution in [0.2, 0.25) is 0 Å². The van der Waals surface area contributed by atoms with Gasteiger partial charge in [-0.15, -0.1) is 0 Å². The smallest absolute Gasteiger partial charge is 0.189 e. The fourth-order valence-corrected chi connectivity index (χ4v) is 1.77. The second-order valence-corrected chi connectivity index (χ2v) is 5.14. The van der Waals surface area contributed by atoms with Gasteiger partial charge in [-0.2, -0.15) is 0 Å². The topological polar surface area (TPSA) is 85.9 Å². The molecule has 0 fully saturated rings. The molecule has 5 nitrogen and oxygen atoms in total. The Balaban J connectivity index is 3.29. The lowest BCUT2D eigenvalue weighted by molar-refractivity contribution is 0.601. The minimum Gasteiger partial charge on any atom is -0.382 e. The molecule has 1 heterocycles. The van der Waals surface area contributed by atoms with Crippen LogP contribution in [0.3, 0.4) is 0 Å². The molecule has 0 unspecified atom stereocenters. The molecule has 0 atom stereocenters. The summed E-state index contributed by atoms with van der Waals surface area (Å²) in [6.07, 6.45) is 4.08. The number of hydrogen-bond acceptors (Lipinski definition) is 6. The van der Waals surface area contributed by atoms with Crippen LogP contribution in [0.5, 0.6) is 0 Å². The molecule has 0 saturated heterocycles. The highest BCUT2D eigenvalue weighted by molar-refractivity contribution is 7.98. The Morgan fingerprint density at radius 2 is 2.15 bits per heavy atom. The SMILES string of the molecule is CSc1ncc(S(C)(=O)=O)c(N)n1. The summed E-state index contributed by atoms with van der Waals surface area (Å²) in [5, 5.41) is 0.463. The molecule has 0 aliphatic carbocycles. The Hall–Kier alpha value is -0.820. The van der Waals surface area contributed by atoms with E-state index in [0.29, 0.717) is 5.16 Å². The van der Waals surface area contributed by atoms with Crippen LogP contribution in [0, 0.1) is 0 Å². The highest BCUT2D eigenvalue weighted by Gasteiger charge is 2.13. The van der Waals surface area contributed by atoms with Crippen molar-refractivity contribution in [2.75, 3.05) is 18.2 Å². The van der Waals surface area contributed by atoms with Crippen molar-refractivity contribution in [1.29, 1.82) is 0 Å². The number of sulfone groups is 1. The zero-order valence-corrected chi connectivity index (χ0v) is 8.82. The van der Waals surface area contributed by atoms with Crippen LogP contribution in [0.4, 0.5) is 5.82 Å². The molecule has 0 bridgehead atoms. The third-order valence-corrected chi connectivity index (χ3v) is 3.02. The lowest BCUT2D eigenvalue weighted by atomic mass is 10.6. The molecular formula is C6H9N3O2S2. The Kier molecular flexibility index (Phi) is 2.77. The van der Waals surface area contributed by atoms with Gasteiger partial charge in [0.25, 0.3) is 0 Å². The number of nitrogens with zero attached hydrogens (tertiary/aromatic N) is 2. The highest BCUT2D eigenvalue weighted by Crippen LogP contribution is 2.17. The second kappa shape index (κ2) is 3.51. The Bertz CT molecular complexity index is 416. The maximum Gasteiger partial charge on any atom is 0.189 e. The molecule has 0 radical (unpaired) electrons. The summed E-state index contributed by atoms with van der Waals surface area (Å²) < 4.78 is 22.2. The van der Waals surface area contributed by atoms with Crippen molar-refractivity contribution in [3.8, 4) is 0 Å². The number of thioether (sulfide) groups is 1. The van der Waals surface area contributed by atoms with E-state index in [-0.39, 0.29) is 10.7 Å². The third-order valence-electron chi connectivity index (χ3n) is 1.34. The average molecular weight is 219 g/mol. The van der Waals surface area contributed by atoms with Crippen LogP contribution >= 0.6 is 11.8 Å². The largest absolute Gasteiger partial charge is 0.382 e. The number of hydrogen-bond donors (Lipinski definition) is 1. The van der Waals surface area contributed by atoms with E-state index in [0.717, 1.165) is 6.26 Å². The van der Waals surface area contributed by atoms with E-state index >= 15 is 0 Å². The Morgan fingerprint density at radius 1 is 1.54 bits per heavy atom. The molecule has 1 aromatic heterocycles. The number of rotatable bonds is 2. The molecule has 0 aliphatic heterocycles. The molecule has 1 rings (SSSR count). The van der Waals surface area contributed by atoms with Crippen molar-refractivity contribution in [2.24, 2.45) is 0 Å². The van der Waals surface area contributed by atoms with Crippen molar-refractivity contribution in [3.05, 3.63) is 6.20 Å². The van der Waals surface area contributed by atoms with E-state index < -0.39 is 9.84 Å². The molecule has 0 aliphatic rings. The van der Waals surface area contributed by atoms with Gasteiger partial charge in [-0.25, -0.2) is 18.4 Å². The summed E-state index contributed by atoms with van der Waals surface area (Å²) in [5.41, 5.74) is 5.44. The first-order valence-corrected chi connectivity index (χ1v) is 6.43. The quantitative estimate of drug-likeness (QED) is 0.564.